The van der Waals surface area contributed by atoms with Crippen LogP contribution in [0.15, 0.2) is 81.1 Å². The van der Waals surface area contributed by atoms with Crippen LogP contribution in [0.2, 0.25) is 0 Å². The van der Waals surface area contributed by atoms with E-state index in [4.69, 9.17) is 4.98 Å². The average molecular weight is 545 g/mol. The largest absolute Gasteiger partial charge is 0.340 e. The molecule has 0 atom stereocenters. The van der Waals surface area contributed by atoms with Crippen molar-refractivity contribution in [2.45, 2.75) is 39.7 Å². The number of hydrogen-bond acceptors (Lipinski definition) is 3. The summed E-state index contributed by atoms with van der Waals surface area (Å²) in [5.74, 6) is 0.395. The average Bonchev–Trinajstić information content (AvgIpc) is 3.13. The molecule has 0 radical (unpaired) electrons. The smallest absolute Gasteiger partial charge is 0.282 e. The second-order valence-corrected chi connectivity index (χ2v) is 9.80. The molecule has 2 heterocycles. The number of rotatable bonds is 7. The van der Waals surface area contributed by atoms with Crippen molar-refractivity contribution in [3.63, 3.8) is 0 Å². The summed E-state index contributed by atoms with van der Waals surface area (Å²) >= 11 is 3.46. The maximum Gasteiger partial charge on any atom is 0.282 e. The summed E-state index contributed by atoms with van der Waals surface area (Å²) in [6, 6.07) is 20.3. The SMILES string of the molecule is CCCCc1nc2ccc(Br)cc2c(=O)n1N=Cc1c(C)n(Cc2cccc(F)c2)c2ccccc12. The second kappa shape index (κ2) is 10.2. The van der Waals surface area contributed by atoms with Crippen molar-refractivity contribution in [1.29, 1.82) is 0 Å². The number of hydrogen-bond donors (Lipinski definition) is 0. The van der Waals surface area contributed by atoms with Gasteiger partial charge < -0.3 is 4.57 Å². The van der Waals surface area contributed by atoms with Gasteiger partial charge in [-0.05, 0) is 55.3 Å². The third kappa shape index (κ3) is 4.63. The van der Waals surface area contributed by atoms with E-state index >= 15 is 0 Å². The van der Waals surface area contributed by atoms with Crippen LogP contribution >= 0.6 is 15.9 Å². The van der Waals surface area contributed by atoms with Gasteiger partial charge in [-0.15, -0.1) is 0 Å². The molecule has 0 saturated carbocycles. The Labute approximate surface area is 217 Å². The number of nitrogens with zero attached hydrogens (tertiary/aromatic N) is 4. The predicted molar refractivity (Wildman–Crippen MR) is 147 cm³/mol. The minimum absolute atomic E-state index is 0.190. The molecule has 5 aromatic rings. The molecule has 2 aromatic heterocycles. The molecule has 0 aliphatic heterocycles. The van der Waals surface area contributed by atoms with E-state index in [1.165, 1.54) is 10.7 Å². The van der Waals surface area contributed by atoms with Gasteiger partial charge in [0.15, 0.2) is 0 Å². The van der Waals surface area contributed by atoms with Gasteiger partial charge in [0.05, 0.1) is 17.1 Å². The molecule has 0 saturated heterocycles. The second-order valence-electron chi connectivity index (χ2n) is 8.89. The van der Waals surface area contributed by atoms with E-state index in [-0.39, 0.29) is 11.4 Å². The van der Waals surface area contributed by atoms with Gasteiger partial charge in [-0.25, -0.2) is 9.37 Å². The molecule has 5 nitrogen and oxygen atoms in total. The van der Waals surface area contributed by atoms with Gasteiger partial charge in [-0.3, -0.25) is 4.79 Å². The number of benzene rings is 3. The summed E-state index contributed by atoms with van der Waals surface area (Å²) in [5.41, 5.74) is 4.30. The summed E-state index contributed by atoms with van der Waals surface area (Å²) in [6.45, 7) is 4.67. The summed E-state index contributed by atoms with van der Waals surface area (Å²) in [7, 11) is 0. The molecule has 0 aliphatic rings. The first kappa shape index (κ1) is 24.1. The number of fused-ring (bicyclic) bond motifs is 2. The minimum Gasteiger partial charge on any atom is -0.340 e. The Morgan fingerprint density at radius 3 is 2.69 bits per heavy atom. The number of para-hydroxylation sites is 1. The number of aromatic nitrogens is 3. The van der Waals surface area contributed by atoms with Gasteiger partial charge in [0.25, 0.3) is 5.56 Å². The van der Waals surface area contributed by atoms with Crippen LogP contribution in [0.5, 0.6) is 0 Å². The lowest BCUT2D eigenvalue weighted by Crippen LogP contribution is -2.22. The first-order chi connectivity index (χ1) is 17.5. The summed E-state index contributed by atoms with van der Waals surface area (Å²) in [6.07, 6.45) is 4.32. The zero-order chi connectivity index (χ0) is 25.2. The highest BCUT2D eigenvalue weighted by Crippen LogP contribution is 2.26. The monoisotopic (exact) mass is 544 g/mol. The molecule has 0 spiro atoms. The number of halogens is 2. The molecule has 3 aromatic carbocycles. The van der Waals surface area contributed by atoms with Crippen molar-refractivity contribution in [2.75, 3.05) is 0 Å². The Hall–Kier alpha value is -3.58. The van der Waals surface area contributed by atoms with Gasteiger partial charge in [-0.1, -0.05) is 59.6 Å². The third-order valence-electron chi connectivity index (χ3n) is 6.44. The van der Waals surface area contributed by atoms with Crippen LogP contribution in [-0.4, -0.2) is 20.4 Å². The molecule has 0 amide bonds. The fourth-order valence-corrected chi connectivity index (χ4v) is 4.93. The van der Waals surface area contributed by atoms with Gasteiger partial charge in [0, 0.05) is 39.6 Å². The highest BCUT2D eigenvalue weighted by molar-refractivity contribution is 9.10. The zero-order valence-corrected chi connectivity index (χ0v) is 21.8. The highest BCUT2D eigenvalue weighted by Gasteiger charge is 2.15. The van der Waals surface area contributed by atoms with Gasteiger partial charge >= 0.3 is 0 Å². The normalized spacial score (nSPS) is 11.8. The Kier molecular flexibility index (Phi) is 6.83. The lowest BCUT2D eigenvalue weighted by molar-refractivity contribution is 0.623. The molecule has 0 unspecified atom stereocenters. The van der Waals surface area contributed by atoms with Crippen LogP contribution in [0.4, 0.5) is 4.39 Å². The van der Waals surface area contributed by atoms with Crippen LogP contribution in [-0.2, 0) is 13.0 Å². The van der Waals surface area contributed by atoms with Gasteiger partial charge in [-0.2, -0.15) is 9.78 Å². The van der Waals surface area contributed by atoms with E-state index in [0.29, 0.717) is 29.7 Å². The Morgan fingerprint density at radius 1 is 1.06 bits per heavy atom. The first-order valence-electron chi connectivity index (χ1n) is 12.0. The Balaban J connectivity index is 1.64. The van der Waals surface area contributed by atoms with E-state index in [0.717, 1.165) is 45.0 Å². The van der Waals surface area contributed by atoms with Crippen molar-refractivity contribution in [2.24, 2.45) is 5.10 Å². The number of aryl methyl sites for hydroxylation is 1. The molecule has 36 heavy (non-hydrogen) atoms. The highest BCUT2D eigenvalue weighted by atomic mass is 79.9. The molecule has 0 bridgehead atoms. The van der Waals surface area contributed by atoms with Gasteiger partial charge in [0.2, 0.25) is 0 Å². The molecule has 5 rings (SSSR count). The molecule has 0 aliphatic carbocycles. The van der Waals surface area contributed by atoms with Crippen LogP contribution in [0, 0.1) is 12.7 Å². The van der Waals surface area contributed by atoms with Crippen molar-refractivity contribution in [1.82, 2.24) is 14.2 Å². The zero-order valence-electron chi connectivity index (χ0n) is 20.2. The Morgan fingerprint density at radius 2 is 1.89 bits per heavy atom. The minimum atomic E-state index is -0.252. The van der Waals surface area contributed by atoms with Gasteiger partial charge in [0.1, 0.15) is 11.6 Å². The maximum absolute atomic E-state index is 13.8. The van der Waals surface area contributed by atoms with E-state index in [9.17, 15) is 9.18 Å². The quantitative estimate of drug-likeness (QED) is 0.211. The van der Waals surface area contributed by atoms with Crippen molar-refractivity contribution in [3.8, 4) is 0 Å². The maximum atomic E-state index is 13.8. The van der Waals surface area contributed by atoms with Crippen LogP contribution in [0.3, 0.4) is 0 Å². The molecular weight excluding hydrogens is 519 g/mol. The van der Waals surface area contributed by atoms with E-state index < -0.39 is 0 Å². The standard InChI is InChI=1S/C29H26BrFN4O/c1-3-4-12-28-33-26-14-13-21(30)16-24(26)29(36)35(28)32-17-25-19(2)34(27-11-6-5-10-23(25)27)18-20-8-7-9-22(31)15-20/h5-11,13-17H,3-4,12,18H2,1-2H3. The van der Waals surface area contributed by atoms with Crippen molar-refractivity contribution < 1.29 is 4.39 Å². The van der Waals surface area contributed by atoms with Crippen LogP contribution < -0.4 is 5.56 Å². The fourth-order valence-electron chi connectivity index (χ4n) is 4.57. The van der Waals surface area contributed by atoms with Crippen LogP contribution in [0.25, 0.3) is 21.8 Å². The summed E-state index contributed by atoms with van der Waals surface area (Å²) in [4.78, 5) is 18.2. The third-order valence-corrected chi connectivity index (χ3v) is 6.93. The lowest BCUT2D eigenvalue weighted by atomic mass is 10.1. The summed E-state index contributed by atoms with van der Waals surface area (Å²) in [5, 5.41) is 6.23. The van der Waals surface area contributed by atoms with Crippen molar-refractivity contribution in [3.05, 3.63) is 110 Å². The number of unbranched alkanes of at least 4 members (excludes halogenated alkanes) is 1. The summed E-state index contributed by atoms with van der Waals surface area (Å²) < 4.78 is 18.2. The lowest BCUT2D eigenvalue weighted by Gasteiger charge is -2.10. The van der Waals surface area contributed by atoms with Crippen molar-refractivity contribution >= 4 is 44.0 Å². The first-order valence-corrected chi connectivity index (χ1v) is 12.8. The molecule has 7 heteroatoms. The van der Waals surface area contributed by atoms with E-state index in [1.54, 1.807) is 24.4 Å². The molecule has 0 fully saturated rings. The van der Waals surface area contributed by atoms with E-state index in [1.807, 2.05) is 49.4 Å². The fraction of sp³-hybridized carbons (Fsp3) is 0.207. The van der Waals surface area contributed by atoms with E-state index in [2.05, 4.69) is 32.5 Å². The molecule has 182 valence electrons. The topological polar surface area (TPSA) is 52.2 Å². The predicted octanol–water partition coefficient (Wildman–Crippen LogP) is 6.83. The molecule has 0 N–H and O–H groups in total. The Bertz CT molecular complexity index is 1670. The molecular formula is C29H26BrFN4O. The van der Waals surface area contributed by atoms with Crippen LogP contribution in [0.1, 0.15) is 42.4 Å².